The van der Waals surface area contributed by atoms with E-state index in [2.05, 4.69) is 16.4 Å². The van der Waals surface area contributed by atoms with Crippen molar-refractivity contribution < 1.29 is 19.2 Å². The van der Waals surface area contributed by atoms with Crippen molar-refractivity contribution in [1.29, 1.82) is 0 Å². The predicted molar refractivity (Wildman–Crippen MR) is 112 cm³/mol. The van der Waals surface area contributed by atoms with Gasteiger partial charge in [-0.2, -0.15) is 4.40 Å². The van der Waals surface area contributed by atoms with Crippen molar-refractivity contribution in [3.05, 3.63) is 35.9 Å². The number of imidazole rings is 1. The Morgan fingerprint density at radius 2 is 1.93 bits per heavy atom. The summed E-state index contributed by atoms with van der Waals surface area (Å²) in [5.74, 6) is 3.57. The molecule has 1 amide bonds. The van der Waals surface area contributed by atoms with Gasteiger partial charge in [0.05, 0.1) is 25.9 Å². The Morgan fingerprint density at radius 1 is 1.20 bits per heavy atom. The first-order chi connectivity index (χ1) is 14.6. The number of rotatable bonds is 5. The van der Waals surface area contributed by atoms with E-state index in [-0.39, 0.29) is 18.1 Å². The zero-order valence-electron chi connectivity index (χ0n) is 17.7. The SMILES string of the molecule is O=C(NC12CC3CC(CC(C3)C1)C2)c1[nH]c(C[NH+]2CC[C@H](CO)C2)c2cccc[n+]12. The van der Waals surface area contributed by atoms with E-state index < -0.39 is 0 Å². The normalized spacial score (nSPS) is 37.2. The molecule has 7 rings (SSSR count). The number of fused-ring (bicyclic) bond motifs is 1. The van der Waals surface area contributed by atoms with Gasteiger partial charge in [-0.1, -0.05) is 6.07 Å². The van der Waals surface area contributed by atoms with Crippen molar-refractivity contribution in [2.24, 2.45) is 23.7 Å². The Morgan fingerprint density at radius 3 is 2.60 bits per heavy atom. The van der Waals surface area contributed by atoms with Crippen molar-refractivity contribution >= 4 is 11.4 Å². The van der Waals surface area contributed by atoms with Gasteiger partial charge in [-0.3, -0.25) is 4.79 Å². The second kappa shape index (κ2) is 7.06. The Balaban J connectivity index is 1.26. The summed E-state index contributed by atoms with van der Waals surface area (Å²) in [5, 5.41) is 13.0. The molecule has 4 aliphatic carbocycles. The van der Waals surface area contributed by atoms with Gasteiger partial charge in [-0.05, 0) is 68.4 Å². The van der Waals surface area contributed by atoms with E-state index in [1.54, 1.807) is 0 Å². The lowest BCUT2D eigenvalue weighted by molar-refractivity contribution is -0.903. The van der Waals surface area contributed by atoms with Crippen LogP contribution >= 0.6 is 0 Å². The number of nitrogens with one attached hydrogen (secondary N) is 3. The van der Waals surface area contributed by atoms with Crippen molar-refractivity contribution in [3.8, 4) is 0 Å². The minimum atomic E-state index is 0.0212. The highest BCUT2D eigenvalue weighted by molar-refractivity contribution is 5.90. The molecule has 6 heteroatoms. The topological polar surface area (TPSA) is 73.7 Å². The van der Waals surface area contributed by atoms with Crippen LogP contribution in [0, 0.1) is 23.7 Å². The maximum Gasteiger partial charge on any atom is 0.351 e. The van der Waals surface area contributed by atoms with Crippen LogP contribution in [0.25, 0.3) is 5.52 Å². The average molecular weight is 411 g/mol. The Labute approximate surface area is 177 Å². The number of carbonyl (C=O) groups is 1. The number of pyridine rings is 1. The summed E-state index contributed by atoms with van der Waals surface area (Å²) in [5.41, 5.74) is 2.24. The number of H-pyrrole nitrogens is 1. The van der Waals surface area contributed by atoms with Gasteiger partial charge >= 0.3 is 11.7 Å². The number of amides is 1. The number of aliphatic hydroxyl groups is 1. The van der Waals surface area contributed by atoms with Gasteiger partial charge in [0.2, 0.25) is 5.69 Å². The number of nitrogens with zero attached hydrogens (tertiary/aromatic N) is 1. The number of aromatic nitrogens is 2. The molecule has 4 N–H and O–H groups in total. The smallest absolute Gasteiger partial charge is 0.351 e. The van der Waals surface area contributed by atoms with E-state index in [0.29, 0.717) is 11.7 Å². The lowest BCUT2D eigenvalue weighted by atomic mass is 9.53. The number of carbonyl (C=O) groups excluding carboxylic acids is 1. The molecule has 1 aliphatic heterocycles. The molecule has 3 heterocycles. The van der Waals surface area contributed by atoms with Crippen molar-refractivity contribution in [1.82, 2.24) is 10.3 Å². The lowest BCUT2D eigenvalue weighted by Gasteiger charge is -2.56. The van der Waals surface area contributed by atoms with E-state index in [1.807, 2.05) is 22.7 Å². The van der Waals surface area contributed by atoms with Crippen molar-refractivity contribution in [2.75, 3.05) is 19.7 Å². The van der Waals surface area contributed by atoms with E-state index in [9.17, 15) is 9.90 Å². The quantitative estimate of drug-likeness (QED) is 0.552. The third-order valence-electron chi connectivity index (χ3n) is 8.48. The van der Waals surface area contributed by atoms with Crippen LogP contribution in [-0.2, 0) is 6.54 Å². The number of hydrogen-bond donors (Lipinski definition) is 4. The van der Waals surface area contributed by atoms with E-state index in [0.717, 1.165) is 55.0 Å². The van der Waals surface area contributed by atoms with Gasteiger partial charge in [0, 0.05) is 17.9 Å². The van der Waals surface area contributed by atoms with Gasteiger partial charge < -0.3 is 15.3 Å². The van der Waals surface area contributed by atoms with Gasteiger partial charge in [0.25, 0.3) is 0 Å². The van der Waals surface area contributed by atoms with Crippen molar-refractivity contribution in [2.45, 2.75) is 57.0 Å². The molecule has 1 unspecified atom stereocenters. The molecule has 30 heavy (non-hydrogen) atoms. The second-order valence-electron chi connectivity index (χ2n) is 10.8. The predicted octanol–water partition coefficient (Wildman–Crippen LogP) is 0.849. The van der Waals surface area contributed by atoms with Crippen LogP contribution in [0.15, 0.2) is 24.4 Å². The summed E-state index contributed by atoms with van der Waals surface area (Å²) < 4.78 is 2.03. The minimum absolute atomic E-state index is 0.0212. The molecule has 2 aromatic heterocycles. The van der Waals surface area contributed by atoms with Gasteiger partial charge in [0.1, 0.15) is 6.54 Å². The van der Waals surface area contributed by atoms with Gasteiger partial charge in [0.15, 0.2) is 5.52 Å². The Hall–Kier alpha value is -1.92. The summed E-state index contributed by atoms with van der Waals surface area (Å²) in [7, 11) is 0. The molecular weight excluding hydrogens is 376 g/mol. The minimum Gasteiger partial charge on any atom is -0.396 e. The fourth-order valence-electron chi connectivity index (χ4n) is 7.60. The van der Waals surface area contributed by atoms with Crippen LogP contribution in [0.3, 0.4) is 0 Å². The number of aromatic amines is 1. The van der Waals surface area contributed by atoms with Crippen LogP contribution in [-0.4, -0.2) is 41.2 Å². The maximum absolute atomic E-state index is 13.5. The van der Waals surface area contributed by atoms with E-state index in [4.69, 9.17) is 0 Å². The summed E-state index contributed by atoms with van der Waals surface area (Å²) >= 11 is 0. The average Bonchev–Trinajstić information content (AvgIpc) is 3.32. The molecular formula is C24H34N4O2+2. The van der Waals surface area contributed by atoms with Crippen LogP contribution < -0.4 is 14.6 Å². The molecule has 5 fully saturated rings. The van der Waals surface area contributed by atoms with Crippen LogP contribution in [0.1, 0.15) is 61.3 Å². The molecule has 6 nitrogen and oxygen atoms in total. The van der Waals surface area contributed by atoms with Crippen LogP contribution in [0.2, 0.25) is 0 Å². The lowest BCUT2D eigenvalue weighted by Crippen LogP contribution is -3.09. The molecule has 160 valence electrons. The second-order valence-corrected chi connectivity index (χ2v) is 10.8. The zero-order valence-corrected chi connectivity index (χ0v) is 17.7. The summed E-state index contributed by atoms with van der Waals surface area (Å²) in [6, 6.07) is 6.15. The van der Waals surface area contributed by atoms with E-state index >= 15 is 0 Å². The molecule has 4 bridgehead atoms. The summed E-state index contributed by atoms with van der Waals surface area (Å²) in [4.78, 5) is 18.5. The number of hydrogen-bond acceptors (Lipinski definition) is 2. The molecule has 0 radical (unpaired) electrons. The molecule has 1 saturated heterocycles. The third-order valence-corrected chi connectivity index (χ3v) is 8.48. The zero-order chi connectivity index (χ0) is 20.3. The largest absolute Gasteiger partial charge is 0.396 e. The Kier molecular flexibility index (Phi) is 4.43. The monoisotopic (exact) mass is 410 g/mol. The third kappa shape index (κ3) is 3.16. The first kappa shape index (κ1) is 18.8. The first-order valence-corrected chi connectivity index (χ1v) is 11.9. The van der Waals surface area contributed by atoms with E-state index in [1.165, 1.54) is 43.4 Å². The summed E-state index contributed by atoms with van der Waals surface area (Å²) in [6.07, 6.45) is 10.7. The standard InChI is InChI=1S/C24H32N4O2/c29-15-16-4-6-27(13-16)14-20-21-3-1-2-5-28(21)22(25-20)23(30)26-24-10-17-7-18(11-24)9-19(8-17)12-24/h1-3,5,16-19,29H,4,6-15H2,(H,26,30)/p+2/t16-,17?,18?,19?,24?/m0/s1. The number of aliphatic hydroxyl groups excluding tert-OH is 1. The van der Waals surface area contributed by atoms with Crippen molar-refractivity contribution in [3.63, 3.8) is 0 Å². The Bertz CT molecular complexity index is 932. The molecule has 0 aromatic carbocycles. The number of likely N-dealkylation sites (tertiary alicyclic amines) is 1. The molecule has 4 saturated carbocycles. The van der Waals surface area contributed by atoms with Crippen LogP contribution in [0.5, 0.6) is 0 Å². The highest BCUT2D eigenvalue weighted by Crippen LogP contribution is 2.55. The molecule has 2 aromatic rings. The molecule has 2 atom stereocenters. The number of quaternary nitrogens is 1. The fraction of sp³-hybridized carbons (Fsp3) is 0.667. The van der Waals surface area contributed by atoms with Gasteiger partial charge in [-0.25, -0.2) is 4.98 Å². The fourth-order valence-corrected chi connectivity index (χ4v) is 7.60. The first-order valence-electron chi connectivity index (χ1n) is 11.9. The highest BCUT2D eigenvalue weighted by Gasteiger charge is 2.52. The van der Waals surface area contributed by atoms with Gasteiger partial charge in [-0.15, -0.1) is 0 Å². The highest BCUT2D eigenvalue weighted by atomic mass is 16.3. The molecule has 0 spiro atoms. The summed E-state index contributed by atoms with van der Waals surface area (Å²) in [6.45, 7) is 3.23. The maximum atomic E-state index is 13.5. The molecule has 5 aliphatic rings. The van der Waals surface area contributed by atoms with Crippen LogP contribution in [0.4, 0.5) is 0 Å².